The quantitative estimate of drug-likeness (QED) is 0.426. The lowest BCUT2D eigenvalue weighted by Gasteiger charge is -2.28. The number of nitrogens with zero attached hydrogens (tertiary/aromatic N) is 3. The van der Waals surface area contributed by atoms with Crippen molar-refractivity contribution in [1.29, 1.82) is 0 Å². The van der Waals surface area contributed by atoms with Crippen LogP contribution in [0.3, 0.4) is 0 Å². The maximum absolute atomic E-state index is 13.0. The fourth-order valence-electron chi connectivity index (χ4n) is 3.59. The molecule has 4 nitrogen and oxygen atoms in total. The molecule has 0 bridgehead atoms. The molecule has 1 saturated heterocycles. The average molecular weight is 483 g/mol. The number of rotatable bonds is 5. The Kier molecular flexibility index (Phi) is 6.32. The molecule has 0 saturated carbocycles. The van der Waals surface area contributed by atoms with Gasteiger partial charge >= 0.3 is 0 Å². The molecule has 1 amide bonds. The van der Waals surface area contributed by atoms with Crippen LogP contribution in [0.15, 0.2) is 88.4 Å². The molecule has 1 aliphatic rings. The van der Waals surface area contributed by atoms with Gasteiger partial charge in [0.2, 0.25) is 0 Å². The van der Waals surface area contributed by atoms with Gasteiger partial charge in [-0.2, -0.15) is 5.10 Å². The number of hydrogen-bond donors (Lipinski definition) is 0. The van der Waals surface area contributed by atoms with E-state index in [-0.39, 0.29) is 12.1 Å². The summed E-state index contributed by atoms with van der Waals surface area (Å²) in [5.41, 5.74) is 3.88. The Morgan fingerprint density at radius 1 is 1.03 bits per heavy atom. The van der Waals surface area contributed by atoms with E-state index in [0.717, 1.165) is 26.9 Å². The maximum atomic E-state index is 13.0. The SMILES string of the molecule is CC(=NN1C(=O)CN(Cc2ccccc2)C1c1ccc(Br)cc1)c1ccc(Cl)cc1. The van der Waals surface area contributed by atoms with Gasteiger partial charge in [-0.1, -0.05) is 82.1 Å². The number of halogens is 2. The van der Waals surface area contributed by atoms with E-state index in [1.165, 1.54) is 0 Å². The van der Waals surface area contributed by atoms with Crippen molar-refractivity contribution in [3.63, 3.8) is 0 Å². The Bertz CT molecular complexity index is 1050. The van der Waals surface area contributed by atoms with Gasteiger partial charge in [-0.05, 0) is 47.9 Å². The molecular formula is C24H21BrClN3O. The van der Waals surface area contributed by atoms with Gasteiger partial charge in [-0.3, -0.25) is 9.69 Å². The van der Waals surface area contributed by atoms with E-state index in [9.17, 15) is 4.79 Å². The molecule has 3 aromatic carbocycles. The molecule has 0 spiro atoms. The summed E-state index contributed by atoms with van der Waals surface area (Å²) in [6.07, 6.45) is -0.270. The number of hydrogen-bond acceptors (Lipinski definition) is 3. The molecule has 6 heteroatoms. The molecule has 1 fully saturated rings. The standard InChI is InChI=1S/C24H21BrClN3O/c1-17(19-9-13-22(26)14-10-19)27-29-23(30)16-28(15-18-5-3-2-4-6-18)24(29)20-7-11-21(25)12-8-20/h2-14,24H,15-16H2,1H3. The molecule has 0 aliphatic carbocycles. The summed E-state index contributed by atoms with van der Waals surface area (Å²) in [5.74, 6) is -0.0211. The van der Waals surface area contributed by atoms with Crippen molar-refractivity contribution in [3.05, 3.63) is 105 Å². The van der Waals surface area contributed by atoms with Crippen molar-refractivity contribution in [3.8, 4) is 0 Å². The highest BCUT2D eigenvalue weighted by atomic mass is 79.9. The van der Waals surface area contributed by atoms with Crippen molar-refractivity contribution in [1.82, 2.24) is 9.91 Å². The smallest absolute Gasteiger partial charge is 0.258 e. The Balaban J connectivity index is 1.69. The minimum Gasteiger partial charge on any atom is -0.271 e. The zero-order chi connectivity index (χ0) is 21.1. The van der Waals surface area contributed by atoms with E-state index in [1.807, 2.05) is 73.7 Å². The first-order valence-electron chi connectivity index (χ1n) is 9.68. The van der Waals surface area contributed by atoms with Gasteiger partial charge in [0.05, 0.1) is 12.3 Å². The number of benzene rings is 3. The van der Waals surface area contributed by atoms with Gasteiger partial charge in [0.15, 0.2) is 0 Å². The van der Waals surface area contributed by atoms with E-state index < -0.39 is 0 Å². The zero-order valence-electron chi connectivity index (χ0n) is 16.5. The van der Waals surface area contributed by atoms with Crippen molar-refractivity contribution >= 4 is 39.1 Å². The van der Waals surface area contributed by atoms with Gasteiger partial charge in [0, 0.05) is 16.0 Å². The fourth-order valence-corrected chi connectivity index (χ4v) is 3.98. The van der Waals surface area contributed by atoms with Gasteiger partial charge in [0.1, 0.15) is 6.17 Å². The molecule has 152 valence electrons. The molecule has 1 heterocycles. The second-order valence-electron chi connectivity index (χ2n) is 7.25. The largest absolute Gasteiger partial charge is 0.271 e. The Hall–Kier alpha value is -2.47. The van der Waals surface area contributed by atoms with Crippen LogP contribution in [0.5, 0.6) is 0 Å². The summed E-state index contributed by atoms with van der Waals surface area (Å²) >= 11 is 9.50. The molecule has 0 aromatic heterocycles. The van der Waals surface area contributed by atoms with Crippen LogP contribution >= 0.6 is 27.5 Å². The van der Waals surface area contributed by atoms with Crippen LogP contribution < -0.4 is 0 Å². The second kappa shape index (κ2) is 9.13. The summed E-state index contributed by atoms with van der Waals surface area (Å²) < 4.78 is 0.998. The first-order chi connectivity index (χ1) is 14.5. The summed E-state index contributed by atoms with van der Waals surface area (Å²) in [4.78, 5) is 15.1. The van der Waals surface area contributed by atoms with E-state index >= 15 is 0 Å². The van der Waals surface area contributed by atoms with Crippen LogP contribution in [0.1, 0.15) is 29.8 Å². The molecule has 0 N–H and O–H groups in total. The monoisotopic (exact) mass is 481 g/mol. The maximum Gasteiger partial charge on any atom is 0.258 e. The third-order valence-electron chi connectivity index (χ3n) is 5.09. The Labute approximate surface area is 189 Å². The summed E-state index contributed by atoms with van der Waals surface area (Å²) in [5, 5.41) is 7.01. The van der Waals surface area contributed by atoms with Crippen molar-refractivity contribution < 1.29 is 4.79 Å². The van der Waals surface area contributed by atoms with Crippen LogP contribution in [0.4, 0.5) is 0 Å². The molecule has 1 aliphatic heterocycles. The molecule has 3 aromatic rings. The predicted molar refractivity (Wildman–Crippen MR) is 124 cm³/mol. The van der Waals surface area contributed by atoms with Crippen molar-refractivity contribution in [2.24, 2.45) is 5.10 Å². The lowest BCUT2D eigenvalue weighted by atomic mass is 10.1. The van der Waals surface area contributed by atoms with Crippen LogP contribution in [0.25, 0.3) is 0 Å². The lowest BCUT2D eigenvalue weighted by molar-refractivity contribution is -0.128. The molecule has 1 unspecified atom stereocenters. The number of carbonyl (C=O) groups excluding carboxylic acids is 1. The van der Waals surface area contributed by atoms with Gasteiger partial charge in [-0.15, -0.1) is 0 Å². The summed E-state index contributed by atoms with van der Waals surface area (Å²) in [6, 6.07) is 25.7. The summed E-state index contributed by atoms with van der Waals surface area (Å²) in [6.45, 7) is 2.89. The van der Waals surface area contributed by atoms with Gasteiger partial charge in [-0.25, -0.2) is 5.01 Å². The minimum absolute atomic E-state index is 0.0211. The van der Waals surface area contributed by atoms with Crippen LogP contribution in [-0.4, -0.2) is 28.1 Å². The van der Waals surface area contributed by atoms with E-state index in [0.29, 0.717) is 18.1 Å². The molecule has 4 rings (SSSR count). The Morgan fingerprint density at radius 2 is 1.70 bits per heavy atom. The normalized spacial score (nSPS) is 17.6. The number of amides is 1. The minimum atomic E-state index is -0.270. The highest BCUT2D eigenvalue weighted by Gasteiger charge is 2.39. The number of hydrazone groups is 1. The van der Waals surface area contributed by atoms with E-state index in [2.05, 4.69) is 33.0 Å². The highest BCUT2D eigenvalue weighted by Crippen LogP contribution is 2.33. The molecule has 30 heavy (non-hydrogen) atoms. The average Bonchev–Trinajstić information content (AvgIpc) is 3.04. The van der Waals surface area contributed by atoms with E-state index in [4.69, 9.17) is 16.7 Å². The molecule has 0 radical (unpaired) electrons. The Morgan fingerprint density at radius 3 is 2.37 bits per heavy atom. The fraction of sp³-hybridized carbons (Fsp3) is 0.167. The molecule has 1 atom stereocenters. The van der Waals surface area contributed by atoms with Crippen LogP contribution in [-0.2, 0) is 11.3 Å². The third-order valence-corrected chi connectivity index (χ3v) is 5.87. The zero-order valence-corrected chi connectivity index (χ0v) is 18.8. The van der Waals surface area contributed by atoms with Crippen molar-refractivity contribution in [2.75, 3.05) is 6.54 Å². The van der Waals surface area contributed by atoms with Crippen LogP contribution in [0.2, 0.25) is 5.02 Å². The third kappa shape index (κ3) is 4.64. The molecular weight excluding hydrogens is 462 g/mol. The first-order valence-corrected chi connectivity index (χ1v) is 10.8. The van der Waals surface area contributed by atoms with Gasteiger partial charge < -0.3 is 0 Å². The van der Waals surface area contributed by atoms with Crippen molar-refractivity contribution in [2.45, 2.75) is 19.6 Å². The lowest BCUT2D eigenvalue weighted by Crippen LogP contribution is -2.29. The topological polar surface area (TPSA) is 35.9 Å². The summed E-state index contributed by atoms with van der Waals surface area (Å²) in [7, 11) is 0. The predicted octanol–water partition coefficient (Wildman–Crippen LogP) is 5.87. The van der Waals surface area contributed by atoms with Crippen LogP contribution in [0, 0.1) is 0 Å². The van der Waals surface area contributed by atoms with E-state index in [1.54, 1.807) is 5.01 Å². The number of carbonyl (C=O) groups is 1. The second-order valence-corrected chi connectivity index (χ2v) is 8.60. The van der Waals surface area contributed by atoms with Gasteiger partial charge in [0.25, 0.3) is 5.91 Å². The highest BCUT2D eigenvalue weighted by molar-refractivity contribution is 9.10. The first kappa shape index (κ1) is 20.8.